The minimum atomic E-state index is 0.0157. The average Bonchev–Trinajstić information content (AvgIpc) is 2.37. The van der Waals surface area contributed by atoms with Crippen LogP contribution >= 0.6 is 23.2 Å². The molecule has 1 atom stereocenters. The second-order valence-corrected chi connectivity index (χ2v) is 4.64. The first-order chi connectivity index (χ1) is 8.62. The third-order valence-electron chi connectivity index (χ3n) is 2.51. The maximum absolute atomic E-state index is 5.99. The first-order valence-electron chi connectivity index (χ1n) is 5.70. The number of methoxy groups -OCH3 is 2. The highest BCUT2D eigenvalue weighted by molar-refractivity contribution is 6.31. The normalized spacial score (nSPS) is 12.3. The summed E-state index contributed by atoms with van der Waals surface area (Å²) >= 11 is 11.9. The predicted octanol–water partition coefficient (Wildman–Crippen LogP) is 3.89. The molecule has 0 bridgehead atoms. The Bertz CT molecular complexity index is 357. The summed E-state index contributed by atoms with van der Waals surface area (Å²) in [6.07, 6.45) is 0.811. The lowest BCUT2D eigenvalue weighted by Gasteiger charge is -2.19. The van der Waals surface area contributed by atoms with E-state index in [1.54, 1.807) is 26.4 Å². The summed E-state index contributed by atoms with van der Waals surface area (Å²) in [6, 6.07) is 3.51. The number of hydrogen-bond donors (Lipinski definition) is 0. The SMILES string of the molecule is COCCC(C)Oc1c(CCl)cc(Cl)cc1OC. The van der Waals surface area contributed by atoms with Crippen LogP contribution in [0.25, 0.3) is 0 Å². The molecule has 102 valence electrons. The fraction of sp³-hybridized carbons (Fsp3) is 0.538. The third kappa shape index (κ3) is 4.23. The Hall–Kier alpha value is -0.640. The van der Waals surface area contributed by atoms with E-state index >= 15 is 0 Å². The highest BCUT2D eigenvalue weighted by Crippen LogP contribution is 2.36. The lowest BCUT2D eigenvalue weighted by Crippen LogP contribution is -2.15. The van der Waals surface area contributed by atoms with Crippen LogP contribution in [0, 0.1) is 0 Å². The highest BCUT2D eigenvalue weighted by atomic mass is 35.5. The molecule has 3 nitrogen and oxygen atoms in total. The van der Waals surface area contributed by atoms with E-state index in [9.17, 15) is 0 Å². The minimum absolute atomic E-state index is 0.0157. The lowest BCUT2D eigenvalue weighted by atomic mass is 10.2. The first kappa shape index (κ1) is 15.4. The summed E-state index contributed by atoms with van der Waals surface area (Å²) in [6.45, 7) is 2.62. The van der Waals surface area contributed by atoms with Gasteiger partial charge in [-0.2, -0.15) is 0 Å². The van der Waals surface area contributed by atoms with E-state index in [0.29, 0.717) is 29.0 Å². The monoisotopic (exact) mass is 292 g/mol. The third-order valence-corrected chi connectivity index (χ3v) is 3.01. The molecule has 0 saturated carbocycles. The average molecular weight is 293 g/mol. The Labute approximate surface area is 118 Å². The molecule has 1 rings (SSSR count). The van der Waals surface area contributed by atoms with Gasteiger partial charge in [-0.05, 0) is 13.0 Å². The van der Waals surface area contributed by atoms with Crippen LogP contribution in [0.15, 0.2) is 12.1 Å². The van der Waals surface area contributed by atoms with Crippen LogP contribution in [0.1, 0.15) is 18.9 Å². The first-order valence-corrected chi connectivity index (χ1v) is 6.61. The van der Waals surface area contributed by atoms with Crippen molar-refractivity contribution in [3.8, 4) is 11.5 Å². The minimum Gasteiger partial charge on any atom is -0.493 e. The van der Waals surface area contributed by atoms with Crippen molar-refractivity contribution >= 4 is 23.2 Å². The van der Waals surface area contributed by atoms with Crippen LogP contribution in [-0.2, 0) is 10.6 Å². The highest BCUT2D eigenvalue weighted by Gasteiger charge is 2.15. The summed E-state index contributed by atoms with van der Waals surface area (Å²) in [5.41, 5.74) is 0.824. The fourth-order valence-electron chi connectivity index (χ4n) is 1.55. The lowest BCUT2D eigenvalue weighted by molar-refractivity contribution is 0.132. The molecule has 0 amide bonds. The van der Waals surface area contributed by atoms with E-state index in [1.165, 1.54) is 0 Å². The summed E-state index contributed by atoms with van der Waals surface area (Å²) in [5, 5.41) is 0.583. The Morgan fingerprint density at radius 3 is 2.56 bits per heavy atom. The van der Waals surface area contributed by atoms with Crippen LogP contribution in [0.2, 0.25) is 5.02 Å². The zero-order chi connectivity index (χ0) is 13.5. The molecule has 0 aromatic heterocycles. The smallest absolute Gasteiger partial charge is 0.166 e. The van der Waals surface area contributed by atoms with Crippen LogP contribution < -0.4 is 9.47 Å². The number of benzene rings is 1. The molecular formula is C13H18Cl2O3. The van der Waals surface area contributed by atoms with E-state index in [-0.39, 0.29) is 6.10 Å². The van der Waals surface area contributed by atoms with Gasteiger partial charge < -0.3 is 14.2 Å². The quantitative estimate of drug-likeness (QED) is 0.714. The van der Waals surface area contributed by atoms with Crippen LogP contribution in [0.5, 0.6) is 11.5 Å². The molecule has 0 heterocycles. The van der Waals surface area contributed by atoms with E-state index in [4.69, 9.17) is 37.4 Å². The zero-order valence-electron chi connectivity index (χ0n) is 10.8. The molecule has 0 aliphatic rings. The molecule has 1 aromatic carbocycles. The summed E-state index contributed by atoms with van der Waals surface area (Å²) < 4.78 is 16.2. The van der Waals surface area contributed by atoms with Gasteiger partial charge in [0.2, 0.25) is 0 Å². The second-order valence-electron chi connectivity index (χ2n) is 3.94. The molecule has 0 aliphatic heterocycles. The molecule has 0 N–H and O–H groups in total. The van der Waals surface area contributed by atoms with Crippen molar-refractivity contribution in [2.45, 2.75) is 25.3 Å². The topological polar surface area (TPSA) is 27.7 Å². The number of halogens is 2. The molecule has 5 heteroatoms. The van der Waals surface area contributed by atoms with Gasteiger partial charge in [0.25, 0.3) is 0 Å². The number of ether oxygens (including phenoxy) is 3. The second kappa shape index (κ2) is 7.72. The van der Waals surface area contributed by atoms with E-state index in [0.717, 1.165) is 12.0 Å². The van der Waals surface area contributed by atoms with Crippen molar-refractivity contribution in [3.63, 3.8) is 0 Å². The number of alkyl halides is 1. The van der Waals surface area contributed by atoms with Gasteiger partial charge in [-0.3, -0.25) is 0 Å². The summed E-state index contributed by atoms with van der Waals surface area (Å²) in [4.78, 5) is 0. The maximum Gasteiger partial charge on any atom is 0.166 e. The van der Waals surface area contributed by atoms with E-state index in [2.05, 4.69) is 0 Å². The fourth-order valence-corrected chi connectivity index (χ4v) is 1.98. The van der Waals surface area contributed by atoms with Crippen molar-refractivity contribution in [2.24, 2.45) is 0 Å². The largest absolute Gasteiger partial charge is 0.493 e. The van der Waals surface area contributed by atoms with E-state index in [1.807, 2.05) is 6.92 Å². The van der Waals surface area contributed by atoms with Gasteiger partial charge in [-0.1, -0.05) is 11.6 Å². The van der Waals surface area contributed by atoms with Crippen LogP contribution in [-0.4, -0.2) is 26.9 Å². The standard InChI is InChI=1S/C13H18Cl2O3/c1-9(4-5-16-2)18-13-10(8-14)6-11(15)7-12(13)17-3/h6-7,9H,4-5,8H2,1-3H3. The molecule has 0 saturated heterocycles. The van der Waals surface area contributed by atoms with Gasteiger partial charge in [0.15, 0.2) is 11.5 Å². The van der Waals surface area contributed by atoms with Crippen LogP contribution in [0.3, 0.4) is 0 Å². The summed E-state index contributed by atoms with van der Waals surface area (Å²) in [7, 11) is 3.25. The van der Waals surface area contributed by atoms with Gasteiger partial charge in [0, 0.05) is 36.8 Å². The zero-order valence-corrected chi connectivity index (χ0v) is 12.3. The summed E-state index contributed by atoms with van der Waals surface area (Å²) in [5.74, 6) is 1.58. The maximum atomic E-state index is 5.99. The van der Waals surface area contributed by atoms with Crippen molar-refractivity contribution in [3.05, 3.63) is 22.7 Å². The number of rotatable bonds is 7. The Kier molecular flexibility index (Phi) is 6.61. The van der Waals surface area contributed by atoms with Gasteiger partial charge >= 0.3 is 0 Å². The molecular weight excluding hydrogens is 275 g/mol. The molecule has 0 radical (unpaired) electrons. The van der Waals surface area contributed by atoms with Gasteiger partial charge in [0.1, 0.15) is 0 Å². The van der Waals surface area contributed by atoms with Gasteiger partial charge in [-0.25, -0.2) is 0 Å². The molecule has 0 fully saturated rings. The van der Waals surface area contributed by atoms with Crippen molar-refractivity contribution < 1.29 is 14.2 Å². The van der Waals surface area contributed by atoms with Crippen molar-refractivity contribution in [1.29, 1.82) is 0 Å². The van der Waals surface area contributed by atoms with Gasteiger partial charge in [0.05, 0.1) is 19.1 Å². The predicted molar refractivity (Wildman–Crippen MR) is 74.1 cm³/mol. The Balaban J connectivity index is 2.91. The Morgan fingerprint density at radius 2 is 2.00 bits per heavy atom. The molecule has 1 unspecified atom stereocenters. The van der Waals surface area contributed by atoms with Crippen LogP contribution in [0.4, 0.5) is 0 Å². The Morgan fingerprint density at radius 1 is 1.28 bits per heavy atom. The molecule has 1 aromatic rings. The van der Waals surface area contributed by atoms with Crippen molar-refractivity contribution in [2.75, 3.05) is 20.8 Å². The van der Waals surface area contributed by atoms with Crippen molar-refractivity contribution in [1.82, 2.24) is 0 Å². The van der Waals surface area contributed by atoms with Gasteiger partial charge in [-0.15, -0.1) is 11.6 Å². The molecule has 0 spiro atoms. The molecule has 18 heavy (non-hydrogen) atoms. The van der Waals surface area contributed by atoms with E-state index < -0.39 is 0 Å². The number of hydrogen-bond acceptors (Lipinski definition) is 3. The molecule has 0 aliphatic carbocycles.